The number of furan rings is 2. The monoisotopic (exact) mass is 783 g/mol. The molecule has 0 radical (unpaired) electrons. The number of hydrogen-bond acceptors (Lipinski definition) is 5. The van der Waals surface area contributed by atoms with Crippen molar-refractivity contribution in [2.45, 2.75) is 0 Å². The number of nitrogens with zero attached hydrogens (tertiary/aromatic N) is 3. The van der Waals surface area contributed by atoms with Gasteiger partial charge in [0, 0.05) is 42.6 Å². The van der Waals surface area contributed by atoms with Crippen LogP contribution in [0.25, 0.3) is 136 Å². The van der Waals surface area contributed by atoms with Gasteiger partial charge in [-0.15, -0.1) is 11.3 Å². The van der Waals surface area contributed by atoms with Crippen LogP contribution in [0.5, 0.6) is 0 Å². The zero-order valence-corrected chi connectivity index (χ0v) is 32.6. The van der Waals surface area contributed by atoms with Crippen molar-refractivity contribution in [1.82, 2.24) is 14.5 Å². The first-order valence-electron chi connectivity index (χ1n) is 20.2. The van der Waals surface area contributed by atoms with Crippen LogP contribution in [0.2, 0.25) is 0 Å². The zero-order valence-electron chi connectivity index (χ0n) is 31.8. The number of aromatic nitrogens is 3. The van der Waals surface area contributed by atoms with Gasteiger partial charge in [0.2, 0.25) is 5.95 Å². The normalized spacial score (nSPS) is 12.3. The van der Waals surface area contributed by atoms with Crippen LogP contribution in [0.1, 0.15) is 0 Å². The largest absolute Gasteiger partial charge is 0.455 e. The summed E-state index contributed by atoms with van der Waals surface area (Å²) in [6.07, 6.45) is 0. The molecule has 0 aliphatic rings. The molecule has 278 valence electrons. The smallest absolute Gasteiger partial charge is 0.235 e. The van der Waals surface area contributed by atoms with Crippen molar-refractivity contribution < 1.29 is 8.83 Å². The van der Waals surface area contributed by atoms with Gasteiger partial charge in [0.05, 0.1) is 32.3 Å². The Morgan fingerprint density at radius 1 is 0.433 bits per heavy atom. The van der Waals surface area contributed by atoms with Crippen LogP contribution in [0.4, 0.5) is 0 Å². The van der Waals surface area contributed by atoms with Gasteiger partial charge in [-0.3, -0.25) is 4.57 Å². The van der Waals surface area contributed by atoms with Gasteiger partial charge in [-0.1, -0.05) is 133 Å². The predicted octanol–water partition coefficient (Wildman–Crippen LogP) is 15.4. The van der Waals surface area contributed by atoms with E-state index in [0.717, 1.165) is 119 Å². The Morgan fingerprint density at radius 3 is 2.02 bits per heavy atom. The highest BCUT2D eigenvalue weighted by molar-refractivity contribution is 7.26. The van der Waals surface area contributed by atoms with Crippen molar-refractivity contribution in [1.29, 1.82) is 0 Å². The topological polar surface area (TPSA) is 57.0 Å². The first kappa shape index (κ1) is 32.2. The molecule has 0 saturated carbocycles. The maximum atomic E-state index is 7.05. The van der Waals surface area contributed by atoms with E-state index >= 15 is 0 Å². The fourth-order valence-electron chi connectivity index (χ4n) is 9.83. The molecular formula is C54H29N3O2S. The predicted molar refractivity (Wildman–Crippen MR) is 250 cm³/mol. The van der Waals surface area contributed by atoms with Crippen LogP contribution in [-0.4, -0.2) is 14.5 Å². The van der Waals surface area contributed by atoms with Crippen molar-refractivity contribution >= 4 is 119 Å². The fourth-order valence-corrected chi connectivity index (χ4v) is 11.0. The van der Waals surface area contributed by atoms with Crippen molar-refractivity contribution in [2.24, 2.45) is 0 Å². The highest BCUT2D eigenvalue weighted by Gasteiger charge is 2.26. The maximum Gasteiger partial charge on any atom is 0.235 e. The van der Waals surface area contributed by atoms with Gasteiger partial charge in [0.1, 0.15) is 22.3 Å². The molecule has 5 heterocycles. The van der Waals surface area contributed by atoms with Crippen molar-refractivity contribution in [2.75, 3.05) is 0 Å². The second-order valence-corrected chi connectivity index (χ2v) is 16.6. The number of fused-ring (bicyclic) bond motifs is 17. The highest BCUT2D eigenvalue weighted by atomic mass is 32.1. The molecule has 0 spiro atoms. The minimum Gasteiger partial charge on any atom is -0.455 e. The molecule has 0 N–H and O–H groups in total. The summed E-state index contributed by atoms with van der Waals surface area (Å²) in [6, 6.07) is 62.1. The average molecular weight is 784 g/mol. The Balaban J connectivity index is 1.11. The van der Waals surface area contributed by atoms with E-state index in [1.807, 2.05) is 6.07 Å². The summed E-state index contributed by atoms with van der Waals surface area (Å²) in [5, 5.41) is 12.3. The molecule has 6 heteroatoms. The van der Waals surface area contributed by atoms with Crippen molar-refractivity contribution in [3.8, 4) is 28.3 Å². The molecule has 0 unspecified atom stereocenters. The van der Waals surface area contributed by atoms with Crippen LogP contribution >= 0.6 is 11.3 Å². The molecule has 14 aromatic rings. The van der Waals surface area contributed by atoms with E-state index in [1.165, 1.54) is 10.8 Å². The second-order valence-electron chi connectivity index (χ2n) is 15.6. The molecule has 14 rings (SSSR count). The molecule has 0 aliphatic carbocycles. The molecule has 9 aromatic carbocycles. The molecule has 0 atom stereocenters. The quantitative estimate of drug-likeness (QED) is 0.179. The Hall–Kier alpha value is -7.80. The average Bonchev–Trinajstić information content (AvgIpc) is 4.07. The number of thiophene rings is 1. The lowest BCUT2D eigenvalue weighted by molar-refractivity contribution is 0.670. The summed E-state index contributed by atoms with van der Waals surface area (Å²) >= 11 is 1.73. The standard InChI is InChI=1S/C54H29N3O2S/c1-2-14-30(15-3-1)39-29-44-46(34-19-7-6-18-33(34)39)38-26-27-42-48(51(38)59-44)35-20-8-11-23-41(35)57(42)54-55-49-37-22-10-13-25-45(37)60-53(49)50(56-54)40-28-31-16-4-5-17-32(31)47-36-21-9-12-24-43(36)58-52(40)47/h1-29H. The van der Waals surface area contributed by atoms with Gasteiger partial charge in [-0.25, -0.2) is 9.97 Å². The van der Waals surface area contributed by atoms with Crippen LogP contribution < -0.4 is 0 Å². The van der Waals surface area contributed by atoms with E-state index in [1.54, 1.807) is 11.3 Å². The molecule has 0 saturated heterocycles. The van der Waals surface area contributed by atoms with Crippen molar-refractivity contribution in [3.63, 3.8) is 0 Å². The minimum atomic E-state index is 0.594. The lowest BCUT2D eigenvalue weighted by Crippen LogP contribution is -2.02. The summed E-state index contributed by atoms with van der Waals surface area (Å²) < 4.78 is 18.3. The van der Waals surface area contributed by atoms with Gasteiger partial charge < -0.3 is 8.83 Å². The lowest BCUT2D eigenvalue weighted by Gasteiger charge is -2.11. The number of para-hydroxylation sites is 2. The molecular weight excluding hydrogens is 755 g/mol. The van der Waals surface area contributed by atoms with E-state index in [9.17, 15) is 0 Å². The summed E-state index contributed by atoms with van der Waals surface area (Å²) in [4.78, 5) is 11.1. The first-order chi connectivity index (χ1) is 29.8. The van der Waals surface area contributed by atoms with E-state index in [0.29, 0.717) is 5.95 Å². The molecule has 0 aliphatic heterocycles. The zero-order chi connectivity index (χ0) is 39.1. The third kappa shape index (κ3) is 4.30. The van der Waals surface area contributed by atoms with Crippen LogP contribution in [-0.2, 0) is 0 Å². The fraction of sp³-hybridized carbons (Fsp3) is 0. The van der Waals surface area contributed by atoms with Crippen molar-refractivity contribution in [3.05, 3.63) is 176 Å². The van der Waals surface area contributed by atoms with Gasteiger partial charge in [0.25, 0.3) is 0 Å². The van der Waals surface area contributed by atoms with Gasteiger partial charge >= 0.3 is 0 Å². The van der Waals surface area contributed by atoms with Crippen LogP contribution in [0.3, 0.4) is 0 Å². The maximum absolute atomic E-state index is 7.05. The molecule has 0 fully saturated rings. The lowest BCUT2D eigenvalue weighted by atomic mass is 9.95. The van der Waals surface area contributed by atoms with E-state index < -0.39 is 0 Å². The molecule has 0 bridgehead atoms. The van der Waals surface area contributed by atoms with Gasteiger partial charge in [-0.05, 0) is 75.1 Å². The molecule has 60 heavy (non-hydrogen) atoms. The third-order valence-electron chi connectivity index (χ3n) is 12.4. The van der Waals surface area contributed by atoms with Crippen LogP contribution in [0, 0.1) is 0 Å². The number of hydrogen-bond donors (Lipinski definition) is 0. The van der Waals surface area contributed by atoms with E-state index in [2.05, 4.69) is 174 Å². The Kier molecular flexibility index (Phi) is 6.38. The number of benzene rings is 9. The first-order valence-corrected chi connectivity index (χ1v) is 21.0. The number of rotatable bonds is 3. The van der Waals surface area contributed by atoms with E-state index in [-0.39, 0.29) is 0 Å². The van der Waals surface area contributed by atoms with Crippen LogP contribution in [0.15, 0.2) is 185 Å². The summed E-state index contributed by atoms with van der Waals surface area (Å²) in [7, 11) is 0. The Morgan fingerprint density at radius 2 is 1.13 bits per heavy atom. The molecule has 0 amide bonds. The third-order valence-corrected chi connectivity index (χ3v) is 13.6. The Labute approximate surface area is 345 Å². The SMILES string of the molecule is c1ccc(-c2cc3oc4c(ccc5c4c4ccccc4n5-c4nc(-c5cc6ccccc6c6c5oc5ccccc56)c5sc6ccccc6c5n4)c3c3ccccc23)cc1. The van der Waals surface area contributed by atoms with Gasteiger partial charge in [-0.2, -0.15) is 0 Å². The Bertz CT molecular complexity index is 4130. The molecule has 5 aromatic heterocycles. The summed E-state index contributed by atoms with van der Waals surface area (Å²) in [5.41, 5.74) is 10.4. The summed E-state index contributed by atoms with van der Waals surface area (Å²) in [6.45, 7) is 0. The van der Waals surface area contributed by atoms with E-state index in [4.69, 9.17) is 18.8 Å². The minimum absolute atomic E-state index is 0.594. The molecule has 5 nitrogen and oxygen atoms in total. The highest BCUT2D eigenvalue weighted by Crippen LogP contribution is 2.47. The van der Waals surface area contributed by atoms with Gasteiger partial charge in [0.15, 0.2) is 0 Å². The summed E-state index contributed by atoms with van der Waals surface area (Å²) in [5.74, 6) is 0.594. The second kappa shape index (κ2) is 11.9.